The second-order valence-electron chi connectivity index (χ2n) is 2.51. The van der Waals surface area contributed by atoms with Gasteiger partial charge in [-0.3, -0.25) is 0 Å². The van der Waals surface area contributed by atoms with E-state index in [-0.39, 0.29) is 0 Å². The second-order valence-corrected chi connectivity index (χ2v) is 2.66. The van der Waals surface area contributed by atoms with Crippen molar-refractivity contribution in [3.8, 4) is 5.75 Å². The Hall–Kier alpha value is -0.830. The van der Waals surface area contributed by atoms with Crippen LogP contribution in [0.3, 0.4) is 0 Å². The Kier molecular flexibility index (Phi) is 2.65. The van der Waals surface area contributed by atoms with Crippen molar-refractivity contribution in [3.63, 3.8) is 0 Å². The standard InChI is InChI=1S/C7H9ClN2O/c1-5(2)7-9-3-6(11-8)4-10-7/h3-5H,1-2H3. The Morgan fingerprint density at radius 1 is 1.36 bits per heavy atom. The number of hydrogen-bond donors (Lipinski definition) is 0. The monoisotopic (exact) mass is 172 g/mol. The first-order valence-electron chi connectivity index (χ1n) is 3.34. The molecule has 4 heteroatoms. The van der Waals surface area contributed by atoms with E-state index in [1.807, 2.05) is 13.8 Å². The van der Waals surface area contributed by atoms with Gasteiger partial charge in [-0.2, -0.15) is 0 Å². The van der Waals surface area contributed by atoms with E-state index in [1.54, 1.807) is 12.4 Å². The van der Waals surface area contributed by atoms with Crippen molar-refractivity contribution in [3.05, 3.63) is 18.2 Å². The molecule has 0 aliphatic carbocycles. The summed E-state index contributed by atoms with van der Waals surface area (Å²) in [4.78, 5) is 8.06. The van der Waals surface area contributed by atoms with E-state index in [9.17, 15) is 0 Å². The molecular weight excluding hydrogens is 164 g/mol. The normalized spacial score (nSPS) is 10.2. The summed E-state index contributed by atoms with van der Waals surface area (Å²) in [5, 5.41) is 0. The van der Waals surface area contributed by atoms with Gasteiger partial charge in [0, 0.05) is 5.92 Å². The highest BCUT2D eigenvalue weighted by Crippen LogP contribution is 2.12. The highest BCUT2D eigenvalue weighted by atomic mass is 35.5. The van der Waals surface area contributed by atoms with E-state index < -0.39 is 0 Å². The molecule has 0 spiro atoms. The van der Waals surface area contributed by atoms with E-state index >= 15 is 0 Å². The van der Waals surface area contributed by atoms with Crippen molar-refractivity contribution in [1.82, 2.24) is 9.97 Å². The third-order valence-electron chi connectivity index (χ3n) is 1.25. The maximum atomic E-state index is 5.08. The molecule has 0 unspecified atom stereocenters. The molecule has 0 fully saturated rings. The van der Waals surface area contributed by atoms with Crippen LogP contribution in [-0.4, -0.2) is 9.97 Å². The maximum Gasteiger partial charge on any atom is 0.182 e. The molecule has 0 aromatic carbocycles. The summed E-state index contributed by atoms with van der Waals surface area (Å²) >= 11 is 5.08. The van der Waals surface area contributed by atoms with Gasteiger partial charge in [0.15, 0.2) is 5.75 Å². The van der Waals surface area contributed by atoms with Crippen molar-refractivity contribution >= 4 is 11.9 Å². The van der Waals surface area contributed by atoms with E-state index in [1.165, 1.54) is 0 Å². The molecule has 0 N–H and O–H groups in total. The molecule has 0 radical (unpaired) electrons. The van der Waals surface area contributed by atoms with Crippen molar-refractivity contribution in [2.45, 2.75) is 19.8 Å². The minimum absolute atomic E-state index is 0.333. The largest absolute Gasteiger partial charge is 0.382 e. The summed E-state index contributed by atoms with van der Waals surface area (Å²) in [7, 11) is 0. The van der Waals surface area contributed by atoms with Crippen LogP contribution in [0.1, 0.15) is 25.6 Å². The predicted octanol–water partition coefficient (Wildman–Crippen LogP) is 2.13. The lowest BCUT2D eigenvalue weighted by atomic mass is 10.2. The van der Waals surface area contributed by atoms with E-state index in [0.717, 1.165) is 5.82 Å². The molecule has 0 atom stereocenters. The Bertz CT molecular complexity index is 222. The summed E-state index contributed by atoms with van der Waals surface area (Å²) < 4.78 is 4.40. The smallest absolute Gasteiger partial charge is 0.182 e. The molecule has 1 rings (SSSR count). The highest BCUT2D eigenvalue weighted by molar-refractivity contribution is 6.09. The Balaban J connectivity index is 2.83. The fourth-order valence-electron chi connectivity index (χ4n) is 0.664. The minimum Gasteiger partial charge on any atom is -0.382 e. The van der Waals surface area contributed by atoms with E-state index in [4.69, 9.17) is 11.9 Å². The first-order valence-corrected chi connectivity index (χ1v) is 3.65. The SMILES string of the molecule is CC(C)c1ncc(OCl)cn1. The lowest BCUT2D eigenvalue weighted by Gasteiger charge is -2.01. The average Bonchev–Trinajstić information content (AvgIpc) is 2.05. The molecule has 0 saturated heterocycles. The van der Waals surface area contributed by atoms with E-state index in [0.29, 0.717) is 11.7 Å². The van der Waals surface area contributed by atoms with Gasteiger partial charge >= 0.3 is 0 Å². The fourth-order valence-corrected chi connectivity index (χ4v) is 0.744. The number of halogens is 1. The van der Waals surface area contributed by atoms with Crippen molar-refractivity contribution in [1.29, 1.82) is 0 Å². The molecular formula is C7H9ClN2O. The van der Waals surface area contributed by atoms with Gasteiger partial charge in [-0.05, 0) is 0 Å². The zero-order chi connectivity index (χ0) is 8.27. The van der Waals surface area contributed by atoms with Crippen LogP contribution in [0.5, 0.6) is 5.75 Å². The Morgan fingerprint density at radius 3 is 2.27 bits per heavy atom. The van der Waals surface area contributed by atoms with Crippen LogP contribution < -0.4 is 4.29 Å². The Labute approximate surface area is 70.6 Å². The van der Waals surface area contributed by atoms with Crippen LogP contribution in [0.25, 0.3) is 0 Å². The van der Waals surface area contributed by atoms with Gasteiger partial charge in [0.05, 0.1) is 12.4 Å². The molecule has 1 heterocycles. The third-order valence-corrected chi connectivity index (χ3v) is 1.43. The quantitative estimate of drug-likeness (QED) is 0.686. The van der Waals surface area contributed by atoms with Gasteiger partial charge in [0.2, 0.25) is 0 Å². The lowest BCUT2D eigenvalue weighted by Crippen LogP contribution is -1.95. The minimum atomic E-state index is 0.333. The second kappa shape index (κ2) is 3.53. The van der Waals surface area contributed by atoms with Crippen molar-refractivity contribution < 1.29 is 4.29 Å². The van der Waals surface area contributed by atoms with Gasteiger partial charge < -0.3 is 4.29 Å². The first-order chi connectivity index (χ1) is 5.24. The van der Waals surface area contributed by atoms with Crippen molar-refractivity contribution in [2.75, 3.05) is 0 Å². The van der Waals surface area contributed by atoms with Gasteiger partial charge in [-0.25, -0.2) is 9.97 Å². The average molecular weight is 173 g/mol. The summed E-state index contributed by atoms with van der Waals surface area (Å²) in [6.07, 6.45) is 3.10. The topological polar surface area (TPSA) is 35.0 Å². The number of nitrogens with zero attached hydrogens (tertiary/aromatic N) is 2. The molecule has 0 bridgehead atoms. The van der Waals surface area contributed by atoms with Crippen LogP contribution in [0.15, 0.2) is 12.4 Å². The van der Waals surface area contributed by atoms with Gasteiger partial charge in [-0.15, -0.1) is 0 Å². The summed E-state index contributed by atoms with van der Waals surface area (Å²) in [6, 6.07) is 0. The molecule has 1 aromatic heterocycles. The first kappa shape index (κ1) is 8.27. The summed E-state index contributed by atoms with van der Waals surface area (Å²) in [6.45, 7) is 4.05. The predicted molar refractivity (Wildman–Crippen MR) is 42.6 cm³/mol. The molecule has 60 valence electrons. The molecule has 0 saturated carbocycles. The van der Waals surface area contributed by atoms with Crippen LogP contribution in [-0.2, 0) is 0 Å². The highest BCUT2D eigenvalue weighted by Gasteiger charge is 2.01. The summed E-state index contributed by atoms with van der Waals surface area (Å²) in [5.41, 5.74) is 0. The zero-order valence-electron chi connectivity index (χ0n) is 6.41. The number of hydrogen-bond acceptors (Lipinski definition) is 3. The molecule has 11 heavy (non-hydrogen) atoms. The maximum absolute atomic E-state index is 5.08. The Morgan fingerprint density at radius 2 is 1.91 bits per heavy atom. The van der Waals surface area contributed by atoms with Gasteiger partial charge in [-0.1, -0.05) is 13.8 Å². The summed E-state index contributed by atoms with van der Waals surface area (Å²) in [5.74, 6) is 1.60. The van der Waals surface area contributed by atoms with Gasteiger partial charge in [0.25, 0.3) is 0 Å². The van der Waals surface area contributed by atoms with E-state index in [2.05, 4.69) is 14.3 Å². The van der Waals surface area contributed by atoms with Gasteiger partial charge in [0.1, 0.15) is 17.7 Å². The molecule has 0 aliphatic rings. The van der Waals surface area contributed by atoms with Crippen LogP contribution in [0.2, 0.25) is 0 Å². The van der Waals surface area contributed by atoms with Crippen LogP contribution in [0, 0.1) is 0 Å². The molecule has 0 aliphatic heterocycles. The molecule has 0 amide bonds. The van der Waals surface area contributed by atoms with Crippen LogP contribution >= 0.6 is 11.9 Å². The van der Waals surface area contributed by atoms with Crippen molar-refractivity contribution in [2.24, 2.45) is 0 Å². The fraction of sp³-hybridized carbons (Fsp3) is 0.429. The molecule has 3 nitrogen and oxygen atoms in total. The lowest BCUT2D eigenvalue weighted by molar-refractivity contribution is 0.604. The zero-order valence-corrected chi connectivity index (χ0v) is 7.17. The number of rotatable bonds is 2. The molecule has 1 aromatic rings. The van der Waals surface area contributed by atoms with Crippen LogP contribution in [0.4, 0.5) is 0 Å². The third kappa shape index (κ3) is 2.05. The number of aromatic nitrogens is 2.